The van der Waals surface area contributed by atoms with Gasteiger partial charge in [0.1, 0.15) is 0 Å². The minimum absolute atomic E-state index is 0.419. The number of hydrogen-bond acceptors (Lipinski definition) is 4. The third-order valence-electron chi connectivity index (χ3n) is 2.97. The molecule has 0 saturated carbocycles. The van der Waals surface area contributed by atoms with Crippen molar-refractivity contribution in [3.8, 4) is 0 Å². The molecular formula is C10H17BN3O. The smallest absolute Gasteiger partial charge is 0.231 e. The van der Waals surface area contributed by atoms with E-state index in [1.165, 1.54) is 6.42 Å². The highest BCUT2D eigenvalue weighted by molar-refractivity contribution is 6.29. The van der Waals surface area contributed by atoms with Crippen molar-refractivity contribution in [1.82, 2.24) is 15.0 Å². The van der Waals surface area contributed by atoms with Crippen LogP contribution in [0.2, 0.25) is 6.82 Å². The van der Waals surface area contributed by atoms with E-state index in [1.807, 2.05) is 6.92 Å². The molecule has 1 aliphatic rings. The largest absolute Gasteiger partial charge is 0.346 e. The average Bonchev–Trinajstić information content (AvgIpc) is 2.78. The topological polar surface area (TPSA) is 42.2 Å². The molecule has 0 N–H and O–H groups in total. The molecule has 0 bridgehead atoms. The van der Waals surface area contributed by atoms with Gasteiger partial charge in [0.2, 0.25) is 13.3 Å². The van der Waals surface area contributed by atoms with Crippen molar-refractivity contribution >= 4 is 7.41 Å². The van der Waals surface area contributed by atoms with Gasteiger partial charge in [0.15, 0.2) is 5.82 Å². The second-order valence-electron chi connectivity index (χ2n) is 3.99. The first-order chi connectivity index (χ1) is 7.33. The van der Waals surface area contributed by atoms with E-state index in [1.54, 1.807) is 0 Å². The van der Waals surface area contributed by atoms with Gasteiger partial charge in [-0.2, -0.15) is 4.98 Å². The van der Waals surface area contributed by atoms with Crippen LogP contribution in [0.1, 0.15) is 37.4 Å². The van der Waals surface area contributed by atoms with Crippen LogP contribution in [0.25, 0.3) is 0 Å². The van der Waals surface area contributed by atoms with E-state index in [4.69, 9.17) is 4.52 Å². The molecule has 1 atom stereocenters. The predicted molar refractivity (Wildman–Crippen MR) is 58.8 cm³/mol. The van der Waals surface area contributed by atoms with Crippen molar-refractivity contribution in [3.63, 3.8) is 0 Å². The molecule has 81 valence electrons. The summed E-state index contributed by atoms with van der Waals surface area (Å²) < 4.78 is 5.29. The molecule has 0 aliphatic carbocycles. The number of rotatable bonds is 3. The zero-order valence-electron chi connectivity index (χ0n) is 9.44. The molecule has 1 aromatic rings. The Hall–Kier alpha value is -0.835. The van der Waals surface area contributed by atoms with E-state index in [2.05, 4.69) is 29.2 Å². The van der Waals surface area contributed by atoms with Gasteiger partial charge in [-0.1, -0.05) is 18.9 Å². The fraction of sp³-hybridized carbons (Fsp3) is 0.800. The van der Waals surface area contributed by atoms with E-state index < -0.39 is 0 Å². The summed E-state index contributed by atoms with van der Waals surface area (Å²) >= 11 is 0. The molecule has 2 heterocycles. The number of piperidine rings is 1. The Labute approximate surface area is 91.3 Å². The van der Waals surface area contributed by atoms with Gasteiger partial charge < -0.3 is 9.33 Å². The van der Waals surface area contributed by atoms with Crippen LogP contribution in [0.15, 0.2) is 4.52 Å². The van der Waals surface area contributed by atoms with E-state index in [0.29, 0.717) is 5.92 Å². The van der Waals surface area contributed by atoms with Crippen LogP contribution in [0.4, 0.5) is 0 Å². The van der Waals surface area contributed by atoms with Gasteiger partial charge in [0, 0.05) is 6.42 Å². The fourth-order valence-corrected chi connectivity index (χ4v) is 2.02. The van der Waals surface area contributed by atoms with Gasteiger partial charge in [-0.25, -0.2) is 0 Å². The van der Waals surface area contributed by atoms with E-state index >= 15 is 0 Å². The lowest BCUT2D eigenvalue weighted by molar-refractivity contribution is 0.268. The molecule has 2 rings (SSSR count). The monoisotopic (exact) mass is 206 g/mol. The number of hydrogen-bond donors (Lipinski definition) is 0. The summed E-state index contributed by atoms with van der Waals surface area (Å²) in [5, 5.41) is 3.95. The molecule has 15 heavy (non-hydrogen) atoms. The summed E-state index contributed by atoms with van der Waals surface area (Å²) in [4.78, 5) is 6.73. The maximum absolute atomic E-state index is 5.29. The zero-order valence-corrected chi connectivity index (χ0v) is 9.44. The minimum Gasteiger partial charge on any atom is -0.346 e. The number of nitrogens with zero attached hydrogens (tertiary/aromatic N) is 3. The summed E-state index contributed by atoms with van der Waals surface area (Å²) in [7, 11) is 2.14. The van der Waals surface area contributed by atoms with Crippen LogP contribution >= 0.6 is 0 Å². The molecule has 1 fully saturated rings. The van der Waals surface area contributed by atoms with Crippen LogP contribution in [0.3, 0.4) is 0 Å². The molecular weight excluding hydrogens is 189 g/mol. The van der Waals surface area contributed by atoms with Crippen molar-refractivity contribution < 1.29 is 4.52 Å². The highest BCUT2D eigenvalue weighted by Crippen LogP contribution is 2.25. The summed E-state index contributed by atoms with van der Waals surface area (Å²) in [6.45, 7) is 6.29. The lowest BCUT2D eigenvalue weighted by Gasteiger charge is -2.29. The third-order valence-corrected chi connectivity index (χ3v) is 2.97. The summed E-state index contributed by atoms with van der Waals surface area (Å²) in [6, 6.07) is 0. The van der Waals surface area contributed by atoms with Gasteiger partial charge in [0.05, 0.1) is 5.92 Å². The van der Waals surface area contributed by atoms with Crippen molar-refractivity contribution in [3.05, 3.63) is 11.7 Å². The minimum atomic E-state index is 0.419. The molecule has 1 aliphatic heterocycles. The maximum Gasteiger partial charge on any atom is 0.231 e. The summed E-state index contributed by atoms with van der Waals surface area (Å²) in [5.41, 5.74) is 0. The van der Waals surface area contributed by atoms with Crippen LogP contribution < -0.4 is 0 Å². The van der Waals surface area contributed by atoms with Crippen molar-refractivity contribution in [2.75, 3.05) is 13.1 Å². The second kappa shape index (κ2) is 4.79. The Balaban J connectivity index is 2.03. The van der Waals surface area contributed by atoms with Crippen molar-refractivity contribution in [2.24, 2.45) is 0 Å². The summed E-state index contributed by atoms with van der Waals surface area (Å²) in [5.74, 6) is 2.06. The number of aromatic nitrogens is 2. The third kappa shape index (κ3) is 2.40. The molecule has 4 nitrogen and oxygen atoms in total. The zero-order chi connectivity index (χ0) is 10.7. The van der Waals surface area contributed by atoms with Crippen molar-refractivity contribution in [2.45, 2.75) is 38.9 Å². The lowest BCUT2D eigenvalue weighted by atomic mass is 9.88. The lowest BCUT2D eigenvalue weighted by Crippen LogP contribution is -2.35. The van der Waals surface area contributed by atoms with Gasteiger partial charge in [-0.05, 0) is 25.9 Å². The van der Waals surface area contributed by atoms with Gasteiger partial charge in [-0.3, -0.25) is 0 Å². The van der Waals surface area contributed by atoms with Crippen LogP contribution in [0, 0.1) is 0 Å². The van der Waals surface area contributed by atoms with Gasteiger partial charge in [-0.15, -0.1) is 0 Å². The van der Waals surface area contributed by atoms with E-state index in [-0.39, 0.29) is 0 Å². The van der Waals surface area contributed by atoms with Crippen LogP contribution in [0.5, 0.6) is 0 Å². The Kier molecular flexibility index (Phi) is 3.41. The average molecular weight is 206 g/mol. The molecule has 1 saturated heterocycles. The van der Waals surface area contributed by atoms with Crippen molar-refractivity contribution in [1.29, 1.82) is 0 Å². The Morgan fingerprint density at radius 1 is 1.60 bits per heavy atom. The summed E-state index contributed by atoms with van der Waals surface area (Å²) in [6.07, 6.45) is 3.22. The SMILES string of the molecule is C[B]N1CCCC(c2nc(CC)no2)C1. The van der Waals surface area contributed by atoms with Crippen LogP contribution in [-0.4, -0.2) is 35.5 Å². The van der Waals surface area contributed by atoms with E-state index in [0.717, 1.165) is 37.6 Å². The molecule has 0 spiro atoms. The first kappa shape index (κ1) is 10.7. The Morgan fingerprint density at radius 3 is 3.13 bits per heavy atom. The Morgan fingerprint density at radius 2 is 2.47 bits per heavy atom. The first-order valence-electron chi connectivity index (χ1n) is 5.69. The molecule has 5 heteroatoms. The van der Waals surface area contributed by atoms with Gasteiger partial charge >= 0.3 is 0 Å². The quantitative estimate of drug-likeness (QED) is 0.702. The Bertz CT molecular complexity index is 315. The van der Waals surface area contributed by atoms with Crippen LogP contribution in [-0.2, 0) is 6.42 Å². The second-order valence-corrected chi connectivity index (χ2v) is 3.99. The van der Waals surface area contributed by atoms with Gasteiger partial charge in [0.25, 0.3) is 0 Å². The molecule has 0 amide bonds. The highest BCUT2D eigenvalue weighted by Gasteiger charge is 2.24. The fourth-order valence-electron chi connectivity index (χ4n) is 2.02. The maximum atomic E-state index is 5.29. The standard InChI is InChI=1S/C10H17BN3O/c1-3-9-12-10(15-13-9)8-5-4-6-14(7-8)11-2/h8H,3-7H2,1-2H3. The molecule has 1 radical (unpaired) electrons. The van der Waals surface area contributed by atoms with E-state index in [9.17, 15) is 0 Å². The molecule has 0 aromatic carbocycles. The molecule has 1 unspecified atom stereocenters. The normalized spacial score (nSPS) is 22.9. The highest BCUT2D eigenvalue weighted by atomic mass is 16.5. The number of aryl methyl sites for hydroxylation is 1. The first-order valence-corrected chi connectivity index (χ1v) is 5.69. The predicted octanol–water partition coefficient (Wildman–Crippen LogP) is 1.48. The molecule has 1 aromatic heterocycles.